The summed E-state index contributed by atoms with van der Waals surface area (Å²) in [5.41, 5.74) is 1.45. The molecule has 6 heteroatoms. The van der Waals surface area contributed by atoms with Gasteiger partial charge in [-0.05, 0) is 77.0 Å². The van der Waals surface area contributed by atoms with Gasteiger partial charge in [0.2, 0.25) is 5.88 Å². The number of esters is 1. The van der Waals surface area contributed by atoms with Crippen LogP contribution in [0.3, 0.4) is 0 Å². The molecule has 0 radical (unpaired) electrons. The fourth-order valence-electron chi connectivity index (χ4n) is 3.77. The predicted octanol–water partition coefficient (Wildman–Crippen LogP) is 3.83. The fourth-order valence-corrected chi connectivity index (χ4v) is 3.77. The molecule has 1 saturated carbocycles. The Hall–Kier alpha value is -2.21. The zero-order valence-corrected chi connectivity index (χ0v) is 17.2. The molecular formula is C22H30N2O4. The van der Waals surface area contributed by atoms with Gasteiger partial charge in [0.25, 0.3) is 0 Å². The molecule has 0 atom stereocenters. The van der Waals surface area contributed by atoms with Gasteiger partial charge in [-0.2, -0.15) is 0 Å². The van der Waals surface area contributed by atoms with Crippen LogP contribution in [0, 0.1) is 5.92 Å². The van der Waals surface area contributed by atoms with Crippen LogP contribution in [0.1, 0.15) is 58.4 Å². The molecule has 2 aromatic rings. The molecule has 0 saturated heterocycles. The van der Waals surface area contributed by atoms with Crippen LogP contribution in [0.5, 0.6) is 5.88 Å². The van der Waals surface area contributed by atoms with Crippen LogP contribution in [-0.4, -0.2) is 39.4 Å². The van der Waals surface area contributed by atoms with Crippen molar-refractivity contribution in [3.63, 3.8) is 0 Å². The van der Waals surface area contributed by atoms with Crippen molar-refractivity contribution in [2.75, 3.05) is 7.11 Å². The maximum absolute atomic E-state index is 12.3. The highest BCUT2D eigenvalue weighted by Gasteiger charge is 2.37. The van der Waals surface area contributed by atoms with E-state index in [1.807, 2.05) is 32.9 Å². The second kappa shape index (κ2) is 8.03. The average molecular weight is 386 g/mol. The van der Waals surface area contributed by atoms with Crippen molar-refractivity contribution < 1.29 is 19.4 Å². The highest BCUT2D eigenvalue weighted by molar-refractivity contribution is 5.78. The molecule has 0 spiro atoms. The average Bonchev–Trinajstić information content (AvgIpc) is 2.65. The number of fused-ring (bicyclic) bond motifs is 1. The fraction of sp³-hybridized carbons (Fsp3) is 0.591. The maximum Gasteiger partial charge on any atom is 0.309 e. The number of methoxy groups -OCH3 is 1. The molecule has 0 unspecified atom stereocenters. The number of carbonyl (C=O) groups excluding carboxylic acids is 1. The van der Waals surface area contributed by atoms with Crippen LogP contribution in [0.15, 0.2) is 24.4 Å². The number of carbonyl (C=O) groups is 1. The molecule has 2 heterocycles. The lowest BCUT2D eigenvalue weighted by molar-refractivity contribution is -0.163. The third-order valence-electron chi connectivity index (χ3n) is 5.37. The van der Waals surface area contributed by atoms with Gasteiger partial charge >= 0.3 is 5.97 Å². The highest BCUT2D eigenvalue weighted by Crippen LogP contribution is 2.36. The van der Waals surface area contributed by atoms with E-state index in [1.54, 1.807) is 19.4 Å². The summed E-state index contributed by atoms with van der Waals surface area (Å²) in [6.45, 7) is 5.64. The van der Waals surface area contributed by atoms with Gasteiger partial charge in [-0.3, -0.25) is 9.78 Å². The third kappa shape index (κ3) is 4.98. The zero-order valence-electron chi connectivity index (χ0n) is 17.2. The zero-order chi connectivity index (χ0) is 20.4. The van der Waals surface area contributed by atoms with Crippen molar-refractivity contribution in [3.8, 4) is 5.88 Å². The van der Waals surface area contributed by atoms with Crippen LogP contribution < -0.4 is 4.74 Å². The minimum Gasteiger partial charge on any atom is -0.481 e. The van der Waals surface area contributed by atoms with Gasteiger partial charge in [-0.25, -0.2) is 4.98 Å². The first-order valence-corrected chi connectivity index (χ1v) is 9.93. The van der Waals surface area contributed by atoms with E-state index >= 15 is 0 Å². The largest absolute Gasteiger partial charge is 0.481 e. The van der Waals surface area contributed by atoms with Gasteiger partial charge in [-0.15, -0.1) is 0 Å². The smallest absolute Gasteiger partial charge is 0.309 e. The van der Waals surface area contributed by atoms with E-state index in [0.717, 1.165) is 16.6 Å². The Labute approximate surface area is 166 Å². The van der Waals surface area contributed by atoms with E-state index in [1.165, 1.54) is 0 Å². The minimum atomic E-state index is -0.757. The summed E-state index contributed by atoms with van der Waals surface area (Å²) in [5, 5.41) is 11.0. The van der Waals surface area contributed by atoms with Gasteiger partial charge in [-0.1, -0.05) is 0 Å². The molecule has 1 N–H and O–H groups in total. The first-order chi connectivity index (χ1) is 13.2. The summed E-state index contributed by atoms with van der Waals surface area (Å²) in [7, 11) is 1.59. The van der Waals surface area contributed by atoms with Crippen molar-refractivity contribution in [2.24, 2.45) is 5.92 Å². The number of nitrogens with zero attached hydrogens (tertiary/aromatic N) is 2. The molecule has 28 heavy (non-hydrogen) atoms. The van der Waals surface area contributed by atoms with Crippen molar-refractivity contribution >= 4 is 17.0 Å². The molecule has 1 fully saturated rings. The third-order valence-corrected chi connectivity index (χ3v) is 5.37. The number of pyridine rings is 2. The molecule has 2 aromatic heterocycles. The molecular weight excluding hydrogens is 356 g/mol. The van der Waals surface area contributed by atoms with E-state index < -0.39 is 11.2 Å². The maximum atomic E-state index is 12.3. The van der Waals surface area contributed by atoms with Gasteiger partial charge < -0.3 is 14.6 Å². The molecule has 1 aliphatic rings. The standard InChI is InChI=1S/C22H30N2O4/c1-21(2,3)28-20(25)16-8-12-22(26,13-9-16)11-7-15-10-14-23-17-5-6-18(27-4)24-19(15)17/h5-6,10,14,16,26H,7-9,11-13H2,1-4H3. The molecule has 0 amide bonds. The molecule has 3 rings (SSSR count). The van der Waals surface area contributed by atoms with Crippen LogP contribution in [0.4, 0.5) is 0 Å². The molecule has 0 aliphatic heterocycles. The molecule has 0 bridgehead atoms. The number of aromatic nitrogens is 2. The number of aliphatic hydroxyl groups is 1. The second-order valence-corrected chi connectivity index (χ2v) is 8.72. The van der Waals surface area contributed by atoms with Gasteiger partial charge in [0, 0.05) is 12.3 Å². The minimum absolute atomic E-state index is 0.118. The van der Waals surface area contributed by atoms with Crippen molar-refractivity contribution in [3.05, 3.63) is 30.0 Å². The Morgan fingerprint density at radius 2 is 1.96 bits per heavy atom. The highest BCUT2D eigenvalue weighted by atomic mass is 16.6. The van der Waals surface area contributed by atoms with E-state index in [9.17, 15) is 9.90 Å². The predicted molar refractivity (Wildman–Crippen MR) is 107 cm³/mol. The second-order valence-electron chi connectivity index (χ2n) is 8.72. The number of hydrogen-bond donors (Lipinski definition) is 1. The van der Waals surface area contributed by atoms with E-state index in [-0.39, 0.29) is 11.9 Å². The summed E-state index contributed by atoms with van der Waals surface area (Å²) in [5.74, 6) is 0.288. The number of ether oxygens (including phenoxy) is 2. The summed E-state index contributed by atoms with van der Waals surface area (Å²) in [6.07, 6.45) is 5.64. The Morgan fingerprint density at radius 1 is 1.25 bits per heavy atom. The number of aryl methyl sites for hydroxylation is 1. The summed E-state index contributed by atoms with van der Waals surface area (Å²) < 4.78 is 10.7. The van der Waals surface area contributed by atoms with Crippen LogP contribution in [0.25, 0.3) is 11.0 Å². The van der Waals surface area contributed by atoms with Gasteiger partial charge in [0.05, 0.1) is 29.7 Å². The Kier molecular flexibility index (Phi) is 5.89. The van der Waals surface area contributed by atoms with Crippen molar-refractivity contribution in [1.82, 2.24) is 9.97 Å². The molecule has 1 aliphatic carbocycles. The van der Waals surface area contributed by atoms with Gasteiger partial charge in [0.1, 0.15) is 5.60 Å². The lowest BCUT2D eigenvalue weighted by Crippen LogP contribution is -2.38. The summed E-state index contributed by atoms with van der Waals surface area (Å²) in [6, 6.07) is 5.64. The van der Waals surface area contributed by atoms with Crippen molar-refractivity contribution in [1.29, 1.82) is 0 Å². The van der Waals surface area contributed by atoms with Crippen LogP contribution >= 0.6 is 0 Å². The summed E-state index contributed by atoms with van der Waals surface area (Å²) in [4.78, 5) is 21.2. The summed E-state index contributed by atoms with van der Waals surface area (Å²) >= 11 is 0. The Bertz CT molecular complexity index is 836. The van der Waals surface area contributed by atoms with E-state index in [2.05, 4.69) is 9.97 Å². The molecule has 6 nitrogen and oxygen atoms in total. The van der Waals surface area contributed by atoms with E-state index in [0.29, 0.717) is 44.4 Å². The monoisotopic (exact) mass is 386 g/mol. The first kappa shape index (κ1) is 20.5. The number of hydrogen-bond acceptors (Lipinski definition) is 6. The quantitative estimate of drug-likeness (QED) is 0.787. The topological polar surface area (TPSA) is 81.5 Å². The Balaban J connectivity index is 1.63. The normalized spacial score (nSPS) is 22.8. The van der Waals surface area contributed by atoms with Gasteiger partial charge in [0.15, 0.2) is 0 Å². The Morgan fingerprint density at radius 3 is 2.61 bits per heavy atom. The van der Waals surface area contributed by atoms with Crippen LogP contribution in [0.2, 0.25) is 0 Å². The van der Waals surface area contributed by atoms with E-state index in [4.69, 9.17) is 9.47 Å². The lowest BCUT2D eigenvalue weighted by atomic mass is 9.76. The molecule has 152 valence electrons. The lowest BCUT2D eigenvalue weighted by Gasteiger charge is -2.36. The first-order valence-electron chi connectivity index (χ1n) is 9.93. The number of rotatable bonds is 5. The van der Waals surface area contributed by atoms with Crippen molar-refractivity contribution in [2.45, 2.75) is 70.5 Å². The van der Waals surface area contributed by atoms with Crippen LogP contribution in [-0.2, 0) is 16.0 Å². The SMILES string of the molecule is COc1ccc2nccc(CCC3(O)CCC(C(=O)OC(C)(C)C)CC3)c2n1. The molecule has 0 aromatic carbocycles.